The Morgan fingerprint density at radius 2 is 1.08 bits per heavy atom. The molecule has 0 fully saturated rings. The lowest BCUT2D eigenvalue weighted by Crippen LogP contribution is -2.13. The van der Waals surface area contributed by atoms with Crippen molar-refractivity contribution in [3.8, 4) is 23.3 Å². The molecule has 10 rings (SSSR count). The number of ether oxygens (including phenoxy) is 2. The van der Waals surface area contributed by atoms with Gasteiger partial charge in [-0.1, -0.05) is 97.1 Å². The van der Waals surface area contributed by atoms with Crippen molar-refractivity contribution in [2.45, 2.75) is 39.5 Å². The molecule has 50 heavy (non-hydrogen) atoms. The third-order valence-electron chi connectivity index (χ3n) is 9.56. The van der Waals surface area contributed by atoms with Crippen LogP contribution in [0, 0.1) is 22.7 Å². The Labute approximate surface area is 290 Å². The van der Waals surface area contributed by atoms with E-state index in [1.165, 1.54) is 21.5 Å². The van der Waals surface area contributed by atoms with E-state index in [4.69, 9.17) is 9.47 Å². The van der Waals surface area contributed by atoms with Gasteiger partial charge in [0.15, 0.2) is 0 Å². The number of hydrogen-bond donors (Lipinski definition) is 0. The molecule has 6 heteroatoms. The fourth-order valence-corrected chi connectivity index (χ4v) is 7.28. The van der Waals surface area contributed by atoms with Crippen LogP contribution in [0.25, 0.3) is 43.4 Å². The van der Waals surface area contributed by atoms with Crippen LogP contribution in [-0.4, -0.2) is 25.2 Å². The molecule has 0 N–H and O–H groups in total. The summed E-state index contributed by atoms with van der Waals surface area (Å²) in [6.45, 7) is 3.80. The van der Waals surface area contributed by atoms with Crippen molar-refractivity contribution in [2.24, 2.45) is 0 Å². The van der Waals surface area contributed by atoms with Gasteiger partial charge in [0.1, 0.15) is 23.3 Å². The highest BCUT2D eigenvalue weighted by atomic mass is 16.5. The molecule has 0 aliphatic heterocycles. The van der Waals surface area contributed by atoms with E-state index >= 15 is 0 Å². The maximum atomic E-state index is 13.1. The third kappa shape index (κ3) is 5.97. The lowest BCUT2D eigenvalue weighted by molar-refractivity contribution is -0.139. The van der Waals surface area contributed by atoms with Crippen molar-refractivity contribution < 1.29 is 19.1 Å². The topological polar surface area (TPSA) is 100 Å². The molecule has 244 valence electrons. The first-order valence-electron chi connectivity index (χ1n) is 16.9. The van der Waals surface area contributed by atoms with E-state index in [1.807, 2.05) is 36.4 Å². The summed E-state index contributed by atoms with van der Waals surface area (Å²) in [6.07, 6.45) is 1.46. The maximum absolute atomic E-state index is 13.1. The summed E-state index contributed by atoms with van der Waals surface area (Å²) < 4.78 is 10.7. The van der Waals surface area contributed by atoms with Crippen LogP contribution in [0.5, 0.6) is 0 Å². The van der Waals surface area contributed by atoms with Crippen molar-refractivity contribution in [3.63, 3.8) is 0 Å². The second-order valence-corrected chi connectivity index (χ2v) is 12.6. The van der Waals surface area contributed by atoms with Crippen LogP contribution in [0.1, 0.15) is 36.1 Å². The van der Waals surface area contributed by atoms with Crippen molar-refractivity contribution in [1.82, 2.24) is 0 Å². The van der Waals surface area contributed by atoms with Crippen LogP contribution < -0.4 is 0 Å². The molecular weight excluding hydrogens is 620 g/mol. The van der Waals surface area contributed by atoms with Crippen LogP contribution in [0.2, 0.25) is 0 Å². The zero-order valence-electron chi connectivity index (χ0n) is 28.0. The smallest absolute Gasteiger partial charge is 0.348 e. The molecule has 4 bridgehead atoms. The molecular formula is C44H34N2O4. The Morgan fingerprint density at radius 3 is 1.66 bits per heavy atom. The first-order chi connectivity index (χ1) is 24.4. The Balaban J connectivity index is 1.50. The van der Waals surface area contributed by atoms with E-state index in [0.29, 0.717) is 36.8 Å². The van der Waals surface area contributed by atoms with Crippen LogP contribution in [0.15, 0.2) is 119 Å². The summed E-state index contributed by atoms with van der Waals surface area (Å²) in [5.41, 5.74) is 7.10. The average molecular weight is 655 g/mol. The summed E-state index contributed by atoms with van der Waals surface area (Å²) in [5.74, 6) is -1.24. The maximum Gasteiger partial charge on any atom is 0.348 e. The molecule has 0 radical (unpaired) electrons. The van der Waals surface area contributed by atoms with Gasteiger partial charge in [0.25, 0.3) is 0 Å². The van der Waals surface area contributed by atoms with Gasteiger partial charge in [0, 0.05) is 0 Å². The van der Waals surface area contributed by atoms with Crippen molar-refractivity contribution in [1.29, 1.82) is 10.5 Å². The number of esters is 2. The molecule has 0 saturated carbocycles. The Hall–Kier alpha value is -6.24. The van der Waals surface area contributed by atoms with Crippen LogP contribution in [-0.2, 0) is 44.7 Å². The number of rotatable bonds is 5. The molecule has 4 aliphatic carbocycles. The lowest BCUT2D eigenvalue weighted by atomic mass is 9.84. The molecule has 6 nitrogen and oxygen atoms in total. The van der Waals surface area contributed by atoms with Gasteiger partial charge in [-0.05, 0) is 116 Å². The number of nitrogens with zero attached hydrogens (tertiary/aromatic N) is 2. The summed E-state index contributed by atoms with van der Waals surface area (Å²) >= 11 is 0. The van der Waals surface area contributed by atoms with E-state index in [2.05, 4.69) is 72.8 Å². The molecule has 0 spiro atoms. The van der Waals surface area contributed by atoms with Crippen LogP contribution in [0.3, 0.4) is 0 Å². The molecule has 0 aromatic heterocycles. The molecule has 0 atom stereocenters. The lowest BCUT2D eigenvalue weighted by Gasteiger charge is -2.20. The molecule has 0 heterocycles. The highest BCUT2D eigenvalue weighted by Crippen LogP contribution is 2.41. The quantitative estimate of drug-likeness (QED) is 0.0797. The van der Waals surface area contributed by atoms with Gasteiger partial charge in [-0.3, -0.25) is 0 Å². The zero-order chi connectivity index (χ0) is 34.8. The Bertz CT molecular complexity index is 2440. The molecule has 6 aromatic rings. The molecule has 0 unspecified atom stereocenters. The minimum absolute atomic E-state index is 0.0201. The fourth-order valence-electron chi connectivity index (χ4n) is 7.28. The second kappa shape index (κ2) is 13.7. The van der Waals surface area contributed by atoms with Gasteiger partial charge in [-0.15, -0.1) is 0 Å². The number of allylic oxidation sites excluding steroid dienone is 2. The zero-order valence-corrected chi connectivity index (χ0v) is 28.0. The number of nitriles is 2. The van der Waals surface area contributed by atoms with Gasteiger partial charge in [-0.2, -0.15) is 10.5 Å². The standard InChI is InChI=1S/C44H34N2O4/c1-3-49-43(47)39(25-45)34-20-27-8-10-28(11-9-27)21-35(40(26-46)44(48)50-4-2)24-33-13-12-29(22-34)23-38(33)36-18-16-32-15-14-30-6-5-7-31-17-19-37(36)42(32)41(30)31/h5-19,23H,3-4,20-22,24H2,1-2H3/b39-34+,40-35-. The van der Waals surface area contributed by atoms with Crippen LogP contribution in [0.4, 0.5) is 0 Å². The number of carbonyl (C=O) groups is 2. The number of carbonyl (C=O) groups excluding carboxylic acids is 2. The van der Waals surface area contributed by atoms with Gasteiger partial charge < -0.3 is 9.47 Å². The van der Waals surface area contributed by atoms with E-state index in [1.54, 1.807) is 13.8 Å². The van der Waals surface area contributed by atoms with Gasteiger partial charge in [0.05, 0.1) is 13.2 Å². The third-order valence-corrected chi connectivity index (χ3v) is 9.56. The fraction of sp³-hybridized carbons (Fsp3) is 0.182. The molecule has 4 aliphatic rings. The largest absolute Gasteiger partial charge is 0.462 e. The van der Waals surface area contributed by atoms with E-state index in [-0.39, 0.29) is 24.4 Å². The summed E-state index contributed by atoms with van der Waals surface area (Å²) in [7, 11) is 0. The first-order valence-corrected chi connectivity index (χ1v) is 16.9. The molecule has 0 amide bonds. The highest BCUT2D eigenvalue weighted by Gasteiger charge is 2.23. The van der Waals surface area contributed by atoms with Crippen LogP contribution >= 0.6 is 0 Å². The van der Waals surface area contributed by atoms with Gasteiger partial charge in [-0.25, -0.2) is 9.59 Å². The summed E-state index contributed by atoms with van der Waals surface area (Å²) in [6, 6.07) is 37.6. The predicted molar refractivity (Wildman–Crippen MR) is 195 cm³/mol. The van der Waals surface area contributed by atoms with Crippen molar-refractivity contribution in [3.05, 3.63) is 142 Å². The van der Waals surface area contributed by atoms with E-state index in [9.17, 15) is 20.1 Å². The average Bonchev–Trinajstić information content (AvgIpc) is 3.12. The van der Waals surface area contributed by atoms with E-state index < -0.39 is 11.9 Å². The highest BCUT2D eigenvalue weighted by molar-refractivity contribution is 6.25. The minimum Gasteiger partial charge on any atom is -0.462 e. The summed E-state index contributed by atoms with van der Waals surface area (Å²) in [4.78, 5) is 26.2. The minimum atomic E-state index is -0.624. The van der Waals surface area contributed by atoms with Crippen molar-refractivity contribution in [2.75, 3.05) is 13.2 Å². The monoisotopic (exact) mass is 654 g/mol. The SMILES string of the molecule is CCOC(=O)/C(C#N)=C1/Cc2ccc(cc2)C/C(=C(/C#N)C(=O)OCC)Cc2ccc(c(-c3ccc4ccc5cccc6ccc3c4c56)c2)C1. The number of benzene rings is 6. The predicted octanol–water partition coefficient (Wildman–Crippen LogP) is 8.90. The number of hydrogen-bond acceptors (Lipinski definition) is 6. The molecule has 0 saturated heterocycles. The molecule has 6 aromatic carbocycles. The van der Waals surface area contributed by atoms with Crippen molar-refractivity contribution >= 4 is 44.3 Å². The Morgan fingerprint density at radius 1 is 0.580 bits per heavy atom. The van der Waals surface area contributed by atoms with E-state index in [0.717, 1.165) is 44.2 Å². The summed E-state index contributed by atoms with van der Waals surface area (Å²) in [5, 5.41) is 27.4. The first kappa shape index (κ1) is 32.3. The van der Waals surface area contributed by atoms with Gasteiger partial charge in [0.2, 0.25) is 0 Å². The van der Waals surface area contributed by atoms with Gasteiger partial charge >= 0.3 is 11.9 Å². The normalized spacial score (nSPS) is 15.0. The second-order valence-electron chi connectivity index (χ2n) is 12.6. The Kier molecular flexibility index (Phi) is 8.86.